The zero-order chi connectivity index (χ0) is 22.5. The number of amides is 1. The number of nitrogens with zero attached hydrogens (tertiary/aromatic N) is 1. The lowest BCUT2D eigenvalue weighted by molar-refractivity contribution is -0.151. The maximum Gasteiger partial charge on any atom is 0.308 e. The zero-order valence-corrected chi connectivity index (χ0v) is 18.2. The van der Waals surface area contributed by atoms with Crippen molar-refractivity contribution in [2.24, 2.45) is 10.9 Å². The summed E-state index contributed by atoms with van der Waals surface area (Å²) in [6, 6.07) is 3.35. The second-order valence-electron chi connectivity index (χ2n) is 7.33. The van der Waals surface area contributed by atoms with Crippen molar-refractivity contribution in [2.75, 3.05) is 13.7 Å². The Morgan fingerprint density at radius 1 is 1.33 bits per heavy atom. The van der Waals surface area contributed by atoms with Crippen molar-refractivity contribution in [2.45, 2.75) is 65.1 Å². The van der Waals surface area contributed by atoms with Gasteiger partial charge < -0.3 is 24.9 Å². The van der Waals surface area contributed by atoms with Gasteiger partial charge in [0.15, 0.2) is 5.84 Å². The molecule has 2 atom stereocenters. The molecule has 9 heteroatoms. The average Bonchev–Trinajstić information content (AvgIpc) is 3.20. The Kier molecular flexibility index (Phi) is 11.6. The van der Waals surface area contributed by atoms with Gasteiger partial charge in [0.25, 0.3) is 0 Å². The van der Waals surface area contributed by atoms with Gasteiger partial charge >= 0.3 is 5.97 Å². The molecule has 9 nitrogen and oxygen atoms in total. The number of methoxy groups -OCH3 is 1. The standard InChI is InChI=1S/C21H34N4O5/c1-5-6-7-8-19(27)25-20(23-13-22)17-10-9-16(24-17)18(26)11-15(29-4)12-30-21(28)14(2)3/h9-10,13-15,18,24,26H,5-8,11-12H2,1-4H3,(H2,22,23,25,27)/t15-,18?/m0/s1. The lowest BCUT2D eigenvalue weighted by atomic mass is 10.1. The summed E-state index contributed by atoms with van der Waals surface area (Å²) in [4.78, 5) is 30.6. The maximum atomic E-state index is 12.1. The molecule has 1 aromatic rings. The summed E-state index contributed by atoms with van der Waals surface area (Å²) in [5.74, 6) is -0.510. The molecule has 0 aliphatic rings. The second-order valence-corrected chi connectivity index (χ2v) is 7.33. The van der Waals surface area contributed by atoms with Gasteiger partial charge in [-0.15, -0.1) is 0 Å². The van der Waals surface area contributed by atoms with E-state index in [9.17, 15) is 14.7 Å². The number of hydrogen-bond acceptors (Lipinski definition) is 6. The number of aromatic amines is 1. The second kappa shape index (κ2) is 13.7. The van der Waals surface area contributed by atoms with Gasteiger partial charge in [-0.2, -0.15) is 0 Å². The molecule has 0 radical (unpaired) electrons. The van der Waals surface area contributed by atoms with E-state index < -0.39 is 12.2 Å². The van der Waals surface area contributed by atoms with Crippen LogP contribution in [0.15, 0.2) is 17.1 Å². The normalized spacial score (nSPS) is 13.7. The van der Waals surface area contributed by atoms with E-state index in [1.165, 1.54) is 7.11 Å². The van der Waals surface area contributed by atoms with E-state index in [0.717, 1.165) is 25.6 Å². The largest absolute Gasteiger partial charge is 0.463 e. The molecular formula is C21H34N4O5. The summed E-state index contributed by atoms with van der Waals surface area (Å²) in [5, 5.41) is 20.5. The van der Waals surface area contributed by atoms with Gasteiger partial charge in [-0.05, 0) is 18.6 Å². The molecule has 1 aromatic heterocycles. The van der Waals surface area contributed by atoms with E-state index in [1.807, 2.05) is 0 Å². The highest BCUT2D eigenvalue weighted by Crippen LogP contribution is 2.20. The van der Waals surface area contributed by atoms with Crippen LogP contribution in [0.3, 0.4) is 0 Å². The fourth-order valence-corrected chi connectivity index (χ4v) is 2.66. The minimum atomic E-state index is -0.900. The van der Waals surface area contributed by atoms with Crippen LogP contribution >= 0.6 is 0 Å². The number of aromatic nitrogens is 1. The van der Waals surface area contributed by atoms with Gasteiger partial charge in [0, 0.05) is 25.6 Å². The van der Waals surface area contributed by atoms with Crippen molar-refractivity contribution in [3.8, 4) is 0 Å². The summed E-state index contributed by atoms with van der Waals surface area (Å²) in [5.41, 5.74) is 0.983. The van der Waals surface area contributed by atoms with Gasteiger partial charge in [0.2, 0.25) is 5.91 Å². The van der Waals surface area contributed by atoms with Crippen molar-refractivity contribution in [1.29, 1.82) is 5.41 Å². The number of H-pyrrole nitrogens is 1. The van der Waals surface area contributed by atoms with Gasteiger partial charge in [-0.25, -0.2) is 4.99 Å². The molecule has 0 saturated carbocycles. The van der Waals surface area contributed by atoms with Crippen molar-refractivity contribution >= 4 is 24.1 Å². The minimum Gasteiger partial charge on any atom is -0.463 e. The summed E-state index contributed by atoms with van der Waals surface area (Å²) in [6.07, 6.45) is 2.85. The number of carbonyl (C=O) groups excluding carboxylic acids is 2. The van der Waals surface area contributed by atoms with Crippen LogP contribution in [0.4, 0.5) is 0 Å². The Bertz CT molecular complexity index is 714. The van der Waals surface area contributed by atoms with Gasteiger partial charge in [0.1, 0.15) is 12.9 Å². The average molecular weight is 423 g/mol. The van der Waals surface area contributed by atoms with Crippen molar-refractivity contribution in [3.05, 3.63) is 23.5 Å². The SMILES string of the molecule is CCCCCC(=O)N/C(=N/C=N)c1ccc(C(O)C[C@@H](COC(=O)C(C)C)OC)[nH]1. The smallest absolute Gasteiger partial charge is 0.308 e. The van der Waals surface area contributed by atoms with Crippen LogP contribution in [0.5, 0.6) is 0 Å². The fourth-order valence-electron chi connectivity index (χ4n) is 2.66. The molecule has 0 aliphatic carbocycles. The zero-order valence-electron chi connectivity index (χ0n) is 18.2. The van der Waals surface area contributed by atoms with E-state index in [4.69, 9.17) is 14.9 Å². The third-order valence-electron chi connectivity index (χ3n) is 4.48. The number of esters is 1. The predicted octanol–water partition coefficient (Wildman–Crippen LogP) is 2.70. The highest BCUT2D eigenvalue weighted by Gasteiger charge is 2.20. The Morgan fingerprint density at radius 2 is 2.07 bits per heavy atom. The lowest BCUT2D eigenvalue weighted by Gasteiger charge is -2.19. The van der Waals surface area contributed by atoms with Crippen LogP contribution in [-0.4, -0.2) is 54.0 Å². The van der Waals surface area contributed by atoms with Crippen LogP contribution in [-0.2, 0) is 19.1 Å². The number of unbranched alkanes of at least 4 members (excludes halogenated alkanes) is 2. The molecule has 4 N–H and O–H groups in total. The number of rotatable bonds is 13. The van der Waals surface area contributed by atoms with Gasteiger partial charge in [0.05, 0.1) is 23.8 Å². The first kappa shape index (κ1) is 25.5. The molecule has 1 rings (SSSR count). The molecule has 0 bridgehead atoms. The molecule has 168 valence electrons. The predicted molar refractivity (Wildman–Crippen MR) is 115 cm³/mol. The van der Waals surface area contributed by atoms with E-state index in [-0.39, 0.29) is 36.7 Å². The van der Waals surface area contributed by atoms with Crippen LogP contribution in [0.2, 0.25) is 0 Å². The highest BCUT2D eigenvalue weighted by atomic mass is 16.6. The van der Waals surface area contributed by atoms with Gasteiger partial charge in [-0.1, -0.05) is 33.6 Å². The number of nitrogens with one attached hydrogen (secondary N) is 3. The van der Waals surface area contributed by atoms with Crippen molar-refractivity contribution < 1.29 is 24.2 Å². The molecule has 0 aromatic carbocycles. The number of amidine groups is 1. The Labute approximate surface area is 177 Å². The monoisotopic (exact) mass is 422 g/mol. The van der Waals surface area contributed by atoms with E-state index in [1.54, 1.807) is 26.0 Å². The first-order valence-electron chi connectivity index (χ1n) is 10.3. The number of aliphatic imine (C=N–C) groups is 1. The minimum absolute atomic E-state index is 0.0481. The van der Waals surface area contributed by atoms with Crippen molar-refractivity contribution in [3.63, 3.8) is 0 Å². The number of ether oxygens (including phenoxy) is 2. The Balaban J connectivity index is 2.73. The van der Waals surface area contributed by atoms with Crippen LogP contribution < -0.4 is 5.32 Å². The summed E-state index contributed by atoms with van der Waals surface area (Å²) < 4.78 is 10.5. The van der Waals surface area contributed by atoms with E-state index >= 15 is 0 Å². The molecule has 0 saturated heterocycles. The third-order valence-corrected chi connectivity index (χ3v) is 4.48. The van der Waals surface area contributed by atoms with Gasteiger partial charge in [-0.3, -0.25) is 15.0 Å². The van der Waals surface area contributed by atoms with E-state index in [0.29, 0.717) is 17.8 Å². The third kappa shape index (κ3) is 8.87. The van der Waals surface area contributed by atoms with Crippen LogP contribution in [0, 0.1) is 11.3 Å². The molecule has 1 amide bonds. The number of aliphatic hydroxyl groups excluding tert-OH is 1. The molecule has 0 fully saturated rings. The van der Waals surface area contributed by atoms with Crippen molar-refractivity contribution in [1.82, 2.24) is 10.3 Å². The van der Waals surface area contributed by atoms with Crippen LogP contribution in [0.1, 0.15) is 70.4 Å². The lowest BCUT2D eigenvalue weighted by Crippen LogP contribution is -2.31. The first-order valence-corrected chi connectivity index (χ1v) is 10.3. The van der Waals surface area contributed by atoms with E-state index in [2.05, 4.69) is 22.2 Å². The van der Waals surface area contributed by atoms with Crippen LogP contribution in [0.25, 0.3) is 0 Å². The Morgan fingerprint density at radius 3 is 2.67 bits per heavy atom. The first-order chi connectivity index (χ1) is 14.3. The molecular weight excluding hydrogens is 388 g/mol. The summed E-state index contributed by atoms with van der Waals surface area (Å²) in [6.45, 7) is 5.60. The molecule has 0 spiro atoms. The molecule has 1 heterocycles. The Hall–Kier alpha value is -2.52. The number of aliphatic hydroxyl groups is 1. The fraction of sp³-hybridized carbons (Fsp3) is 0.619. The molecule has 1 unspecified atom stereocenters. The highest BCUT2D eigenvalue weighted by molar-refractivity contribution is 6.09. The number of hydrogen-bond donors (Lipinski definition) is 4. The summed E-state index contributed by atoms with van der Waals surface area (Å²) in [7, 11) is 1.49. The molecule has 30 heavy (non-hydrogen) atoms. The number of carbonyl (C=O) groups is 2. The topological polar surface area (TPSA) is 137 Å². The molecule has 0 aliphatic heterocycles. The summed E-state index contributed by atoms with van der Waals surface area (Å²) >= 11 is 0. The quantitative estimate of drug-likeness (QED) is 0.168. The maximum absolute atomic E-state index is 12.1.